The molecule has 118 valence electrons. The predicted octanol–water partition coefficient (Wildman–Crippen LogP) is 3.43. The van der Waals surface area contributed by atoms with Gasteiger partial charge in [0.05, 0.1) is 5.56 Å². The van der Waals surface area contributed by atoms with Crippen LogP contribution in [0.1, 0.15) is 27.2 Å². The van der Waals surface area contributed by atoms with Crippen molar-refractivity contribution in [3.8, 4) is 0 Å². The van der Waals surface area contributed by atoms with Crippen LogP contribution in [-0.4, -0.2) is 16.9 Å². The fourth-order valence-corrected chi connectivity index (χ4v) is 2.50. The van der Waals surface area contributed by atoms with Gasteiger partial charge in [-0.2, -0.15) is 0 Å². The van der Waals surface area contributed by atoms with Crippen LogP contribution in [0.5, 0.6) is 0 Å². The third-order valence-corrected chi connectivity index (χ3v) is 3.47. The molecule has 0 aliphatic rings. The Morgan fingerprint density at radius 2 is 1.83 bits per heavy atom. The number of nitrogens with one attached hydrogen (secondary N) is 1. The zero-order valence-corrected chi connectivity index (χ0v) is 12.9. The van der Waals surface area contributed by atoms with E-state index in [1.807, 2.05) is 42.5 Å². The maximum atomic E-state index is 11.2. The van der Waals surface area contributed by atoms with Crippen molar-refractivity contribution in [2.75, 3.05) is 0 Å². The number of carboxylic acid groups (broad SMARTS) is 1. The zero-order valence-electron chi connectivity index (χ0n) is 12.1. The van der Waals surface area contributed by atoms with Gasteiger partial charge in [0, 0.05) is 5.39 Å². The first kappa shape index (κ1) is 16.6. The molecule has 0 fully saturated rings. The maximum Gasteiger partial charge on any atom is 0.372 e. The Bertz CT molecular complexity index is 872. The molecule has 5 nitrogen and oxygen atoms in total. The molecule has 1 aromatic heterocycles. The Balaban J connectivity index is 0.00000192. The summed E-state index contributed by atoms with van der Waals surface area (Å²) in [5, 5.41) is 17.3. The number of fused-ring (bicyclic) bond motifs is 1. The van der Waals surface area contributed by atoms with Crippen molar-refractivity contribution in [1.82, 2.24) is 0 Å². The summed E-state index contributed by atoms with van der Waals surface area (Å²) in [5.41, 5.74) is 8.22. The van der Waals surface area contributed by atoms with Gasteiger partial charge in [0.15, 0.2) is 0 Å². The van der Waals surface area contributed by atoms with E-state index < -0.39 is 5.97 Å². The molecule has 0 amide bonds. The van der Waals surface area contributed by atoms with Crippen LogP contribution in [0.2, 0.25) is 0 Å². The van der Waals surface area contributed by atoms with E-state index in [1.54, 1.807) is 6.07 Å². The molecular formula is C17H15ClN2O3. The minimum Gasteiger partial charge on any atom is -0.475 e. The molecule has 6 heteroatoms. The molecule has 2 aromatic carbocycles. The van der Waals surface area contributed by atoms with Crippen LogP contribution in [0.25, 0.3) is 11.0 Å². The van der Waals surface area contributed by atoms with E-state index in [-0.39, 0.29) is 29.6 Å². The number of carboxylic acids is 1. The number of halogens is 1. The van der Waals surface area contributed by atoms with Crippen LogP contribution in [0, 0.1) is 5.41 Å². The van der Waals surface area contributed by atoms with E-state index in [0.717, 1.165) is 11.1 Å². The second-order valence-corrected chi connectivity index (χ2v) is 5.02. The van der Waals surface area contributed by atoms with Gasteiger partial charge in [-0.05, 0) is 29.7 Å². The Morgan fingerprint density at radius 3 is 2.43 bits per heavy atom. The van der Waals surface area contributed by atoms with Crippen molar-refractivity contribution in [1.29, 1.82) is 5.41 Å². The van der Waals surface area contributed by atoms with Crippen LogP contribution in [-0.2, 0) is 6.42 Å². The summed E-state index contributed by atoms with van der Waals surface area (Å²) in [5.74, 6) is -1.83. The van der Waals surface area contributed by atoms with E-state index in [0.29, 0.717) is 17.4 Å². The number of nitrogens with two attached hydrogens (primary N) is 1. The quantitative estimate of drug-likeness (QED) is 0.504. The van der Waals surface area contributed by atoms with Gasteiger partial charge >= 0.3 is 5.97 Å². The van der Waals surface area contributed by atoms with Gasteiger partial charge in [-0.3, -0.25) is 5.41 Å². The van der Waals surface area contributed by atoms with E-state index in [1.165, 1.54) is 0 Å². The molecule has 0 aliphatic heterocycles. The smallest absolute Gasteiger partial charge is 0.372 e. The van der Waals surface area contributed by atoms with Gasteiger partial charge in [-0.25, -0.2) is 4.79 Å². The molecule has 0 unspecified atom stereocenters. The Hall–Kier alpha value is -2.79. The highest BCUT2D eigenvalue weighted by Crippen LogP contribution is 2.27. The molecule has 0 spiro atoms. The lowest BCUT2D eigenvalue weighted by Gasteiger charge is -2.02. The number of nitrogen functional groups attached to an aromatic ring is 1. The minimum atomic E-state index is -1.23. The first-order chi connectivity index (χ1) is 10.6. The summed E-state index contributed by atoms with van der Waals surface area (Å²) in [6, 6.07) is 15.4. The topological polar surface area (TPSA) is 100 Å². The van der Waals surface area contributed by atoms with Crippen molar-refractivity contribution in [3.05, 3.63) is 71.0 Å². The maximum absolute atomic E-state index is 11.2. The first-order valence-corrected chi connectivity index (χ1v) is 6.73. The van der Waals surface area contributed by atoms with E-state index >= 15 is 0 Å². The number of hydrogen-bond acceptors (Lipinski definition) is 3. The van der Waals surface area contributed by atoms with Gasteiger partial charge in [0.1, 0.15) is 11.4 Å². The number of furan rings is 1. The fraction of sp³-hybridized carbons (Fsp3) is 0.0588. The van der Waals surface area contributed by atoms with Gasteiger partial charge in [-0.1, -0.05) is 36.4 Å². The average Bonchev–Trinajstić information content (AvgIpc) is 2.87. The molecule has 3 rings (SSSR count). The summed E-state index contributed by atoms with van der Waals surface area (Å²) in [6.45, 7) is 0. The summed E-state index contributed by atoms with van der Waals surface area (Å²) in [4.78, 5) is 11.2. The molecular weight excluding hydrogens is 316 g/mol. The van der Waals surface area contributed by atoms with Gasteiger partial charge in [0.2, 0.25) is 5.76 Å². The van der Waals surface area contributed by atoms with Crippen LogP contribution >= 0.6 is 12.4 Å². The van der Waals surface area contributed by atoms with Crippen molar-refractivity contribution >= 4 is 35.2 Å². The average molecular weight is 331 g/mol. The normalized spacial score (nSPS) is 10.3. The second kappa shape index (κ2) is 6.54. The first-order valence-electron chi connectivity index (χ1n) is 6.73. The minimum absolute atomic E-state index is 0. The monoisotopic (exact) mass is 330 g/mol. The van der Waals surface area contributed by atoms with Crippen molar-refractivity contribution < 1.29 is 14.3 Å². The standard InChI is InChI=1S/C17H14N2O3.ClH/c18-16(19)14-12-9-11(8-10-4-2-1-3-5-10)6-7-13(12)22-15(14)17(20)21;/h1-7,9H,8H2,(H3,18,19)(H,20,21);1H. The molecule has 23 heavy (non-hydrogen) atoms. The number of aromatic carboxylic acids is 1. The third-order valence-electron chi connectivity index (χ3n) is 3.47. The third kappa shape index (κ3) is 3.19. The molecule has 1 heterocycles. The lowest BCUT2D eigenvalue weighted by Crippen LogP contribution is -2.14. The van der Waals surface area contributed by atoms with Gasteiger partial charge in [0.25, 0.3) is 0 Å². The Morgan fingerprint density at radius 1 is 1.13 bits per heavy atom. The van der Waals surface area contributed by atoms with Crippen LogP contribution in [0.15, 0.2) is 52.9 Å². The predicted molar refractivity (Wildman–Crippen MR) is 90.7 cm³/mol. The highest BCUT2D eigenvalue weighted by Gasteiger charge is 2.22. The van der Waals surface area contributed by atoms with Crippen molar-refractivity contribution in [3.63, 3.8) is 0 Å². The number of hydrogen-bond donors (Lipinski definition) is 3. The molecule has 0 saturated carbocycles. The molecule has 0 saturated heterocycles. The largest absolute Gasteiger partial charge is 0.475 e. The summed E-state index contributed by atoms with van der Waals surface area (Å²) >= 11 is 0. The summed E-state index contributed by atoms with van der Waals surface area (Å²) in [7, 11) is 0. The molecule has 0 bridgehead atoms. The van der Waals surface area contributed by atoms with Gasteiger partial charge in [-0.15, -0.1) is 12.4 Å². The van der Waals surface area contributed by atoms with E-state index in [2.05, 4.69) is 0 Å². The lowest BCUT2D eigenvalue weighted by atomic mass is 10.0. The molecule has 0 atom stereocenters. The number of rotatable bonds is 4. The molecule has 4 N–H and O–H groups in total. The van der Waals surface area contributed by atoms with Crippen molar-refractivity contribution in [2.24, 2.45) is 5.73 Å². The van der Waals surface area contributed by atoms with Crippen molar-refractivity contribution in [2.45, 2.75) is 6.42 Å². The SMILES string of the molecule is Cl.N=C(N)c1c(C(=O)O)oc2ccc(Cc3ccccc3)cc12. The Kier molecular flexibility index (Phi) is 4.71. The number of amidine groups is 1. The zero-order chi connectivity index (χ0) is 15.7. The molecule has 0 radical (unpaired) electrons. The van der Waals surface area contributed by atoms with Crippen LogP contribution in [0.4, 0.5) is 0 Å². The van der Waals surface area contributed by atoms with E-state index in [4.69, 9.17) is 15.6 Å². The van der Waals surface area contributed by atoms with Crippen LogP contribution < -0.4 is 5.73 Å². The van der Waals surface area contributed by atoms with E-state index in [9.17, 15) is 9.90 Å². The highest BCUT2D eigenvalue weighted by atomic mass is 35.5. The second-order valence-electron chi connectivity index (χ2n) is 5.02. The number of carbonyl (C=O) groups is 1. The van der Waals surface area contributed by atoms with Gasteiger partial charge < -0.3 is 15.3 Å². The molecule has 3 aromatic rings. The Labute approximate surface area is 138 Å². The lowest BCUT2D eigenvalue weighted by molar-refractivity contribution is 0.0664. The van der Waals surface area contributed by atoms with Crippen LogP contribution in [0.3, 0.4) is 0 Å². The highest BCUT2D eigenvalue weighted by molar-refractivity contribution is 6.13. The summed E-state index contributed by atoms with van der Waals surface area (Å²) in [6.07, 6.45) is 0.710. The molecule has 0 aliphatic carbocycles. The summed E-state index contributed by atoms with van der Waals surface area (Å²) < 4.78 is 5.31. The fourth-order valence-electron chi connectivity index (χ4n) is 2.50. The number of benzene rings is 2.